The number of para-hydroxylation sites is 2. The third-order valence-electron chi connectivity index (χ3n) is 4.34. The van der Waals surface area contributed by atoms with Gasteiger partial charge in [-0.05, 0) is 18.2 Å². The van der Waals surface area contributed by atoms with Crippen molar-refractivity contribution in [2.24, 2.45) is 0 Å². The number of hydrogen-bond donors (Lipinski definition) is 0. The largest absolute Gasteiger partial charge is 0.341 e. The zero-order valence-corrected chi connectivity index (χ0v) is 16.2. The number of carbonyl (C=O) groups is 1. The monoisotopic (exact) mass is 389 g/mol. The molecule has 2 aromatic heterocycles. The quantitative estimate of drug-likeness (QED) is 0.373. The summed E-state index contributed by atoms with van der Waals surface area (Å²) in [5.74, 6) is 0.366. The zero-order valence-electron chi connectivity index (χ0n) is 15.4. The van der Waals surface area contributed by atoms with Gasteiger partial charge in [-0.15, -0.1) is 0 Å². The number of benzene rings is 2. The minimum absolute atomic E-state index is 0.0418. The Bertz CT molecular complexity index is 1090. The van der Waals surface area contributed by atoms with E-state index in [1.807, 2.05) is 65.5 Å². The molecule has 0 fully saturated rings. The van der Waals surface area contributed by atoms with Gasteiger partial charge in [0.25, 0.3) is 0 Å². The molecule has 2 heterocycles. The standard InChI is InChI=1S/C21H19N5OS/c1-25(12-16-11-24-26(13-16)17-7-3-2-4-8-17)20(27)14-28-21-18-9-5-6-10-19(18)22-15-23-21/h2-11,13,15H,12,14H2,1H3. The van der Waals surface area contributed by atoms with Gasteiger partial charge in [-0.1, -0.05) is 48.2 Å². The summed E-state index contributed by atoms with van der Waals surface area (Å²) in [6.07, 6.45) is 5.28. The van der Waals surface area contributed by atoms with E-state index in [0.29, 0.717) is 12.3 Å². The molecule has 0 N–H and O–H groups in total. The molecular weight excluding hydrogens is 370 g/mol. The first kappa shape index (κ1) is 18.2. The fraction of sp³-hybridized carbons (Fsp3) is 0.143. The van der Waals surface area contributed by atoms with Crippen molar-refractivity contribution in [1.82, 2.24) is 24.6 Å². The molecule has 6 nitrogen and oxygen atoms in total. The van der Waals surface area contributed by atoms with Crippen molar-refractivity contribution in [3.63, 3.8) is 0 Å². The van der Waals surface area contributed by atoms with Crippen molar-refractivity contribution in [1.29, 1.82) is 0 Å². The van der Waals surface area contributed by atoms with Crippen LogP contribution in [-0.2, 0) is 11.3 Å². The van der Waals surface area contributed by atoms with Crippen molar-refractivity contribution in [3.8, 4) is 5.69 Å². The van der Waals surface area contributed by atoms with Crippen LogP contribution in [0.1, 0.15) is 5.56 Å². The van der Waals surface area contributed by atoms with Crippen LogP contribution in [0.5, 0.6) is 0 Å². The van der Waals surface area contributed by atoms with Gasteiger partial charge >= 0.3 is 0 Å². The second-order valence-electron chi connectivity index (χ2n) is 6.36. The minimum atomic E-state index is 0.0418. The van der Waals surface area contributed by atoms with E-state index in [4.69, 9.17) is 0 Å². The minimum Gasteiger partial charge on any atom is -0.341 e. The Labute approximate surface area is 167 Å². The molecule has 2 aromatic carbocycles. The van der Waals surface area contributed by atoms with E-state index in [9.17, 15) is 4.79 Å². The van der Waals surface area contributed by atoms with Crippen LogP contribution in [0.15, 0.2) is 78.3 Å². The fourth-order valence-corrected chi connectivity index (χ4v) is 3.79. The Kier molecular flexibility index (Phi) is 5.34. The van der Waals surface area contributed by atoms with Crippen molar-refractivity contribution in [2.75, 3.05) is 12.8 Å². The second kappa shape index (κ2) is 8.22. The molecule has 0 aliphatic heterocycles. The van der Waals surface area contributed by atoms with Crippen LogP contribution >= 0.6 is 11.8 Å². The lowest BCUT2D eigenvalue weighted by atomic mass is 10.2. The Morgan fingerprint density at radius 2 is 1.86 bits per heavy atom. The lowest BCUT2D eigenvalue weighted by molar-refractivity contribution is -0.127. The average Bonchev–Trinajstić information content (AvgIpc) is 3.21. The van der Waals surface area contributed by atoms with Gasteiger partial charge in [0.2, 0.25) is 5.91 Å². The first-order valence-corrected chi connectivity index (χ1v) is 9.85. The van der Waals surface area contributed by atoms with Crippen molar-refractivity contribution in [2.45, 2.75) is 11.6 Å². The highest BCUT2D eigenvalue weighted by Gasteiger charge is 2.13. The molecule has 4 rings (SSSR count). The number of hydrogen-bond acceptors (Lipinski definition) is 5. The normalized spacial score (nSPS) is 10.9. The van der Waals surface area contributed by atoms with Crippen molar-refractivity contribution in [3.05, 3.63) is 78.9 Å². The van der Waals surface area contributed by atoms with Crippen LogP contribution in [0.2, 0.25) is 0 Å². The molecule has 140 valence electrons. The summed E-state index contributed by atoms with van der Waals surface area (Å²) in [6.45, 7) is 0.511. The summed E-state index contributed by atoms with van der Waals surface area (Å²) in [5, 5.41) is 6.17. The van der Waals surface area contributed by atoms with Gasteiger partial charge in [0.05, 0.1) is 23.2 Å². The third-order valence-corrected chi connectivity index (χ3v) is 5.33. The highest BCUT2D eigenvalue weighted by Crippen LogP contribution is 2.24. The molecule has 28 heavy (non-hydrogen) atoms. The number of thioether (sulfide) groups is 1. The van der Waals surface area contributed by atoms with E-state index in [-0.39, 0.29) is 5.91 Å². The summed E-state index contributed by atoms with van der Waals surface area (Å²) < 4.78 is 1.81. The molecule has 0 atom stereocenters. The topological polar surface area (TPSA) is 63.9 Å². The van der Waals surface area contributed by atoms with Crippen LogP contribution < -0.4 is 0 Å². The maximum Gasteiger partial charge on any atom is 0.233 e. The Balaban J connectivity index is 1.38. The molecule has 0 saturated carbocycles. The Hall–Kier alpha value is -3.19. The molecule has 0 radical (unpaired) electrons. The Morgan fingerprint density at radius 3 is 2.71 bits per heavy atom. The van der Waals surface area contributed by atoms with Gasteiger partial charge in [0.1, 0.15) is 11.4 Å². The SMILES string of the molecule is CN(Cc1cnn(-c2ccccc2)c1)C(=O)CSc1ncnc2ccccc12. The highest BCUT2D eigenvalue weighted by molar-refractivity contribution is 8.00. The number of fused-ring (bicyclic) bond motifs is 1. The highest BCUT2D eigenvalue weighted by atomic mass is 32.2. The smallest absolute Gasteiger partial charge is 0.233 e. The van der Waals surface area contributed by atoms with Crippen molar-refractivity contribution >= 4 is 28.6 Å². The number of rotatable bonds is 6. The molecule has 0 bridgehead atoms. The van der Waals surface area contributed by atoms with Crippen LogP contribution in [0, 0.1) is 0 Å². The number of carbonyl (C=O) groups excluding carboxylic acids is 1. The van der Waals surface area contributed by atoms with Gasteiger partial charge in [-0.2, -0.15) is 5.10 Å². The van der Waals surface area contributed by atoms with Gasteiger partial charge in [0, 0.05) is 30.7 Å². The predicted molar refractivity (Wildman–Crippen MR) is 110 cm³/mol. The second-order valence-corrected chi connectivity index (χ2v) is 7.33. The summed E-state index contributed by atoms with van der Waals surface area (Å²) in [5.41, 5.74) is 2.86. The number of aromatic nitrogens is 4. The van der Waals surface area contributed by atoms with Crippen molar-refractivity contribution < 1.29 is 4.79 Å². The zero-order chi connectivity index (χ0) is 19.3. The van der Waals surface area contributed by atoms with Crippen LogP contribution in [0.25, 0.3) is 16.6 Å². The summed E-state index contributed by atoms with van der Waals surface area (Å²) >= 11 is 1.44. The van der Waals surface area contributed by atoms with E-state index < -0.39 is 0 Å². The molecule has 0 saturated heterocycles. The fourth-order valence-electron chi connectivity index (χ4n) is 2.86. The van der Waals surface area contributed by atoms with E-state index >= 15 is 0 Å². The van der Waals surface area contributed by atoms with Crippen LogP contribution in [-0.4, -0.2) is 43.4 Å². The number of amides is 1. The third kappa shape index (κ3) is 4.04. The van der Waals surface area contributed by atoms with E-state index in [2.05, 4.69) is 15.1 Å². The Morgan fingerprint density at radius 1 is 1.07 bits per heavy atom. The van der Waals surface area contributed by atoms with Gasteiger partial charge < -0.3 is 4.90 Å². The molecule has 1 amide bonds. The first-order valence-electron chi connectivity index (χ1n) is 8.86. The molecule has 0 aliphatic carbocycles. The van der Waals surface area contributed by atoms with Gasteiger partial charge in [0.15, 0.2) is 0 Å². The van der Waals surface area contributed by atoms with E-state index in [1.54, 1.807) is 18.1 Å². The van der Waals surface area contributed by atoms with Crippen LogP contribution in [0.4, 0.5) is 0 Å². The maximum atomic E-state index is 12.6. The van der Waals surface area contributed by atoms with E-state index in [0.717, 1.165) is 27.2 Å². The number of nitrogens with zero attached hydrogens (tertiary/aromatic N) is 5. The maximum absolute atomic E-state index is 12.6. The van der Waals surface area contributed by atoms with Gasteiger partial charge in [-0.3, -0.25) is 4.79 Å². The molecular formula is C21H19N5OS. The molecule has 0 unspecified atom stereocenters. The molecule has 4 aromatic rings. The first-order chi connectivity index (χ1) is 13.7. The molecule has 0 spiro atoms. The lowest BCUT2D eigenvalue weighted by Gasteiger charge is -2.16. The summed E-state index contributed by atoms with van der Waals surface area (Å²) in [7, 11) is 1.81. The lowest BCUT2D eigenvalue weighted by Crippen LogP contribution is -2.27. The average molecular weight is 389 g/mol. The van der Waals surface area contributed by atoms with Gasteiger partial charge in [-0.25, -0.2) is 14.6 Å². The predicted octanol–water partition coefficient (Wildman–Crippen LogP) is 3.57. The summed E-state index contributed by atoms with van der Waals surface area (Å²) in [6, 6.07) is 17.7. The summed E-state index contributed by atoms with van der Waals surface area (Å²) in [4.78, 5) is 22.9. The van der Waals surface area contributed by atoms with E-state index in [1.165, 1.54) is 18.1 Å². The molecule has 0 aliphatic rings. The van der Waals surface area contributed by atoms with Crippen LogP contribution in [0.3, 0.4) is 0 Å². The molecule has 7 heteroatoms.